The molecule has 166 valence electrons. The molecule has 0 rings (SSSR count). The third kappa shape index (κ3) is 15.0. The molecule has 0 aliphatic rings. The maximum absolute atomic E-state index is 12.2. The van der Waals surface area contributed by atoms with Crippen molar-refractivity contribution in [2.24, 2.45) is 11.8 Å². The van der Waals surface area contributed by atoms with Gasteiger partial charge in [0.25, 0.3) is 10.1 Å². The smallest absolute Gasteiger partial charge is 0.465 e. The van der Waals surface area contributed by atoms with Gasteiger partial charge in [0, 0.05) is 0 Å². The first-order valence-electron chi connectivity index (χ1n) is 10.5. The largest absolute Gasteiger partial charge is 1.00 e. The topological polar surface area (TPSA) is 107 Å². The molecule has 29 heavy (non-hydrogen) atoms. The molecule has 0 spiro atoms. The second kappa shape index (κ2) is 18.1. The van der Waals surface area contributed by atoms with Crippen molar-refractivity contribution in [3.05, 3.63) is 0 Å². The van der Waals surface area contributed by atoms with Gasteiger partial charge in [0.05, 0.1) is 19.6 Å². The maximum atomic E-state index is 12.2. The zero-order chi connectivity index (χ0) is 21.6. The van der Waals surface area contributed by atoms with Crippen molar-refractivity contribution in [3.63, 3.8) is 0 Å². The Hall–Kier alpha value is 0.486. The van der Waals surface area contributed by atoms with E-state index >= 15 is 0 Å². The molecular weight excluding hydrogens is 423 g/mol. The van der Waals surface area contributed by atoms with E-state index in [0.717, 1.165) is 51.4 Å². The van der Waals surface area contributed by atoms with Crippen LogP contribution in [0.4, 0.5) is 0 Å². The van der Waals surface area contributed by atoms with Gasteiger partial charge in [-0.15, -0.1) is 0 Å². The predicted molar refractivity (Wildman–Crippen MR) is 108 cm³/mol. The summed E-state index contributed by atoms with van der Waals surface area (Å²) in [5, 5.41) is -1.95. The van der Waals surface area contributed by atoms with Gasteiger partial charge in [0.15, 0.2) is 5.25 Å². The molecule has 0 fully saturated rings. The number of esters is 2. The van der Waals surface area contributed by atoms with E-state index in [4.69, 9.17) is 9.47 Å². The Balaban J connectivity index is 0. The van der Waals surface area contributed by atoms with Crippen LogP contribution in [-0.4, -0.2) is 43.4 Å². The Morgan fingerprint density at radius 2 is 1.31 bits per heavy atom. The number of unbranched alkanes of at least 4 members (excludes halogenated alkanes) is 2. The van der Waals surface area contributed by atoms with E-state index in [1.54, 1.807) is 0 Å². The van der Waals surface area contributed by atoms with Crippen LogP contribution in [0.2, 0.25) is 0 Å². The van der Waals surface area contributed by atoms with Crippen molar-refractivity contribution in [2.75, 3.05) is 13.2 Å². The van der Waals surface area contributed by atoms with Crippen LogP contribution in [0.1, 0.15) is 85.5 Å². The summed E-state index contributed by atoms with van der Waals surface area (Å²) < 4.78 is 42.8. The molecule has 0 aliphatic heterocycles. The van der Waals surface area contributed by atoms with Gasteiger partial charge in [0.2, 0.25) is 0 Å². The van der Waals surface area contributed by atoms with E-state index in [9.17, 15) is 22.6 Å². The van der Waals surface area contributed by atoms with Gasteiger partial charge in [-0.1, -0.05) is 66.2 Å². The number of hydrogen-bond donors (Lipinski definition) is 1. The van der Waals surface area contributed by atoms with Crippen molar-refractivity contribution in [1.82, 2.24) is 0 Å². The third-order valence-corrected chi connectivity index (χ3v) is 6.08. The van der Waals surface area contributed by atoms with Crippen LogP contribution in [0.25, 0.3) is 0 Å². The molecule has 0 aromatic heterocycles. The quantitative estimate of drug-likeness (QED) is 0.209. The molecule has 0 amide bonds. The average Bonchev–Trinajstić information content (AvgIpc) is 2.65. The first-order chi connectivity index (χ1) is 13.2. The van der Waals surface area contributed by atoms with E-state index in [1.165, 1.54) is 0 Å². The second-order valence-corrected chi connectivity index (χ2v) is 8.95. The Morgan fingerprint density at radius 1 is 0.862 bits per heavy atom. The molecule has 0 heterocycles. The maximum Gasteiger partial charge on any atom is 1.00 e. The Bertz CT molecular complexity index is 551. The molecule has 0 aliphatic carbocycles. The zero-order valence-electron chi connectivity index (χ0n) is 18.8. The minimum absolute atomic E-state index is 0. The summed E-state index contributed by atoms with van der Waals surface area (Å²) >= 11 is 0. The molecule has 0 radical (unpaired) electrons. The third-order valence-electron chi connectivity index (χ3n) is 5.00. The SMILES string of the molecule is CCCCC(CC)COC(=O)CC(C(=O)OCC(CC)CCCC)S(=O)(=O)O.[K+]. The van der Waals surface area contributed by atoms with Gasteiger partial charge < -0.3 is 9.47 Å². The first-order valence-corrected chi connectivity index (χ1v) is 12.0. The monoisotopic (exact) mass is 461 g/mol. The van der Waals surface area contributed by atoms with E-state index in [2.05, 4.69) is 13.8 Å². The summed E-state index contributed by atoms with van der Waals surface area (Å²) in [6, 6.07) is 0. The van der Waals surface area contributed by atoms with Crippen LogP contribution >= 0.6 is 0 Å². The van der Waals surface area contributed by atoms with Crippen LogP contribution in [0.15, 0.2) is 0 Å². The Labute approximate surface area is 219 Å². The van der Waals surface area contributed by atoms with Crippen molar-refractivity contribution in [2.45, 2.75) is 90.7 Å². The summed E-state index contributed by atoms with van der Waals surface area (Å²) in [6.07, 6.45) is 6.74. The summed E-state index contributed by atoms with van der Waals surface area (Å²) in [5.74, 6) is -1.61. The number of hydrogen-bond acceptors (Lipinski definition) is 6. The zero-order valence-corrected chi connectivity index (χ0v) is 22.8. The standard InChI is InChI=1S/C20H38O7S.K/c1-5-9-11-16(7-3)14-26-19(21)13-18(28(23,24)25)20(22)27-15-17(8-4)12-10-6-2;/h16-18H,5-15H2,1-4H3,(H,23,24,25);/q;+1. The van der Waals surface area contributed by atoms with Gasteiger partial charge in [0.1, 0.15) is 0 Å². The molecule has 3 unspecified atom stereocenters. The van der Waals surface area contributed by atoms with Gasteiger partial charge >= 0.3 is 63.3 Å². The summed E-state index contributed by atoms with van der Waals surface area (Å²) in [4.78, 5) is 24.2. The summed E-state index contributed by atoms with van der Waals surface area (Å²) in [6.45, 7) is 8.35. The van der Waals surface area contributed by atoms with E-state index in [1.807, 2.05) is 13.8 Å². The molecule has 0 aromatic rings. The minimum Gasteiger partial charge on any atom is -0.465 e. The fraction of sp³-hybridized carbons (Fsp3) is 0.900. The van der Waals surface area contributed by atoms with Crippen molar-refractivity contribution in [3.8, 4) is 0 Å². The first kappa shape index (κ1) is 31.7. The van der Waals surface area contributed by atoms with Gasteiger partial charge in [-0.3, -0.25) is 14.1 Å². The van der Waals surface area contributed by atoms with E-state index in [0.29, 0.717) is 0 Å². The van der Waals surface area contributed by atoms with Crippen LogP contribution in [-0.2, 0) is 29.2 Å². The normalized spacial score (nSPS) is 14.4. The Kier molecular flexibility index (Phi) is 19.8. The Morgan fingerprint density at radius 3 is 1.69 bits per heavy atom. The molecule has 7 nitrogen and oxygen atoms in total. The number of ether oxygens (including phenoxy) is 2. The van der Waals surface area contributed by atoms with Gasteiger partial charge in [-0.05, 0) is 24.7 Å². The van der Waals surface area contributed by atoms with Gasteiger partial charge in [-0.2, -0.15) is 8.42 Å². The molecule has 3 atom stereocenters. The van der Waals surface area contributed by atoms with Crippen LogP contribution < -0.4 is 51.4 Å². The van der Waals surface area contributed by atoms with Crippen LogP contribution in [0.3, 0.4) is 0 Å². The van der Waals surface area contributed by atoms with Crippen molar-refractivity contribution < 1.29 is 83.4 Å². The predicted octanol–water partition coefficient (Wildman–Crippen LogP) is 1.16. The molecule has 0 saturated heterocycles. The van der Waals surface area contributed by atoms with E-state index in [-0.39, 0.29) is 76.4 Å². The molecule has 1 N–H and O–H groups in total. The van der Waals surface area contributed by atoms with Crippen molar-refractivity contribution in [1.29, 1.82) is 0 Å². The molecule has 9 heteroatoms. The number of rotatable bonds is 16. The summed E-state index contributed by atoms with van der Waals surface area (Å²) in [7, 11) is -4.76. The molecule has 0 aromatic carbocycles. The van der Waals surface area contributed by atoms with E-state index < -0.39 is 33.7 Å². The number of carbonyl (C=O) groups excluding carboxylic acids is 2. The molecule has 0 saturated carbocycles. The fourth-order valence-corrected chi connectivity index (χ4v) is 3.48. The minimum atomic E-state index is -4.76. The molecule has 0 bridgehead atoms. The molecular formula is C20H38KO7S+. The van der Waals surface area contributed by atoms with Crippen LogP contribution in [0.5, 0.6) is 0 Å². The second-order valence-electron chi connectivity index (χ2n) is 7.35. The van der Waals surface area contributed by atoms with Crippen LogP contribution in [0, 0.1) is 11.8 Å². The van der Waals surface area contributed by atoms with Gasteiger partial charge in [-0.25, -0.2) is 0 Å². The average molecular weight is 462 g/mol. The fourth-order valence-electron chi connectivity index (χ4n) is 2.82. The number of carbonyl (C=O) groups is 2. The summed E-state index contributed by atoms with van der Waals surface area (Å²) in [5.41, 5.74) is 0. The van der Waals surface area contributed by atoms with Crippen molar-refractivity contribution >= 4 is 22.1 Å².